The minimum absolute atomic E-state index is 0.215. The van der Waals surface area contributed by atoms with Gasteiger partial charge in [0.05, 0.1) is 30.3 Å². The van der Waals surface area contributed by atoms with Crippen LogP contribution >= 0.6 is 0 Å². The fraction of sp³-hybridized carbons (Fsp3) is 0.429. The predicted molar refractivity (Wildman–Crippen MR) is 188 cm³/mol. The molecule has 47 heavy (non-hydrogen) atoms. The number of carbonyl (C=O) groups excluding carboxylic acids is 1. The summed E-state index contributed by atoms with van der Waals surface area (Å²) in [6, 6.07) is 13.0. The van der Waals surface area contributed by atoms with E-state index in [0.717, 1.165) is 54.6 Å². The molecule has 0 atom stereocenters. The minimum Gasteiger partial charge on any atom is -0.492 e. The van der Waals surface area contributed by atoms with E-state index < -0.39 is 10.0 Å². The smallest absolute Gasteiger partial charge is 0.255 e. The van der Waals surface area contributed by atoms with Gasteiger partial charge in [-0.1, -0.05) is 33.8 Å². The number of piperidine rings is 1. The van der Waals surface area contributed by atoms with Gasteiger partial charge in [-0.15, -0.1) is 0 Å². The number of carbonyl (C=O) groups is 1. The van der Waals surface area contributed by atoms with Crippen LogP contribution in [0.5, 0.6) is 5.75 Å². The Labute approximate surface area is 277 Å². The molecule has 1 fully saturated rings. The summed E-state index contributed by atoms with van der Waals surface area (Å²) in [7, 11) is -2.17. The third kappa shape index (κ3) is 8.36. The first-order chi connectivity index (χ1) is 22.2. The van der Waals surface area contributed by atoms with Gasteiger partial charge < -0.3 is 20.3 Å². The van der Waals surface area contributed by atoms with Gasteiger partial charge in [-0.25, -0.2) is 23.4 Å². The number of likely N-dealkylation sites (tertiary alicyclic amines) is 1. The van der Waals surface area contributed by atoms with Crippen molar-refractivity contribution >= 4 is 49.8 Å². The largest absolute Gasteiger partial charge is 0.492 e. The second kappa shape index (κ2) is 13.8. The van der Waals surface area contributed by atoms with Gasteiger partial charge in [0, 0.05) is 16.9 Å². The molecule has 1 amide bonds. The van der Waals surface area contributed by atoms with Crippen LogP contribution in [0.4, 0.5) is 22.9 Å². The number of hydrogen-bond acceptors (Lipinski definition) is 9. The number of methoxy groups -OCH3 is 1. The first-order valence-electron chi connectivity index (χ1n) is 16.0. The maximum Gasteiger partial charge on any atom is 0.255 e. The zero-order valence-corrected chi connectivity index (χ0v) is 29.1. The van der Waals surface area contributed by atoms with Crippen LogP contribution in [0.15, 0.2) is 48.8 Å². The predicted octanol–water partition coefficient (Wildman–Crippen LogP) is 6.28. The Morgan fingerprint density at radius 1 is 1.02 bits per heavy atom. The van der Waals surface area contributed by atoms with E-state index in [0.29, 0.717) is 34.2 Å². The zero-order chi connectivity index (χ0) is 33.9. The summed E-state index contributed by atoms with van der Waals surface area (Å²) in [5.41, 5.74) is 5.54. The summed E-state index contributed by atoms with van der Waals surface area (Å²) in [5.74, 6) is 0.994. The van der Waals surface area contributed by atoms with Crippen molar-refractivity contribution in [1.29, 1.82) is 0 Å². The maximum absolute atomic E-state index is 13.7. The van der Waals surface area contributed by atoms with Crippen molar-refractivity contribution in [2.45, 2.75) is 59.3 Å². The normalized spacial score (nSPS) is 14.6. The lowest BCUT2D eigenvalue weighted by Gasteiger charge is -2.30. The third-order valence-electron chi connectivity index (χ3n) is 8.65. The molecule has 1 aliphatic rings. The van der Waals surface area contributed by atoms with E-state index in [-0.39, 0.29) is 22.8 Å². The molecule has 5 rings (SSSR count). The Morgan fingerprint density at radius 3 is 2.40 bits per heavy atom. The molecule has 1 saturated heterocycles. The van der Waals surface area contributed by atoms with Gasteiger partial charge in [-0.05, 0) is 105 Å². The lowest BCUT2D eigenvalue weighted by Crippen LogP contribution is -2.34. The summed E-state index contributed by atoms with van der Waals surface area (Å²) in [5, 5.41) is 6.35. The molecule has 4 aromatic rings. The summed E-state index contributed by atoms with van der Waals surface area (Å²) in [6.07, 6.45) is 5.83. The average molecular weight is 660 g/mol. The van der Waals surface area contributed by atoms with Crippen LogP contribution in [0, 0.1) is 12.8 Å². The highest BCUT2D eigenvalue weighted by Gasteiger charge is 2.23. The molecule has 12 heteroatoms. The highest BCUT2D eigenvalue weighted by molar-refractivity contribution is 7.92. The van der Waals surface area contributed by atoms with E-state index in [4.69, 9.17) is 9.72 Å². The SMILES string of the molecule is CCN1CCC(Cc2ccc3ncnc(Nc4cc(C(=O)Nc5cc(C(C)(C)C)cc(NS(C)(=O)=O)c5OC)ccc4C)c3n2)CC1. The fourth-order valence-corrected chi connectivity index (χ4v) is 6.41. The molecule has 2 aromatic carbocycles. The van der Waals surface area contributed by atoms with Gasteiger partial charge in [0.25, 0.3) is 5.91 Å². The van der Waals surface area contributed by atoms with Crippen molar-refractivity contribution in [3.63, 3.8) is 0 Å². The summed E-state index contributed by atoms with van der Waals surface area (Å²) >= 11 is 0. The number of nitrogens with one attached hydrogen (secondary N) is 3. The van der Waals surface area contributed by atoms with Crippen LogP contribution in [-0.4, -0.2) is 67.2 Å². The number of anilines is 4. The molecule has 0 unspecified atom stereocenters. The van der Waals surface area contributed by atoms with Gasteiger partial charge >= 0.3 is 0 Å². The van der Waals surface area contributed by atoms with E-state index in [1.54, 1.807) is 24.3 Å². The Kier molecular flexibility index (Phi) is 10.0. The number of aromatic nitrogens is 3. The molecular formula is C35H45N7O4S. The second-order valence-corrected chi connectivity index (χ2v) is 15.1. The molecule has 2 aromatic heterocycles. The molecule has 0 saturated carbocycles. The molecular weight excluding hydrogens is 614 g/mol. The third-order valence-corrected chi connectivity index (χ3v) is 9.24. The fourth-order valence-electron chi connectivity index (χ4n) is 5.86. The molecule has 11 nitrogen and oxygen atoms in total. The Balaban J connectivity index is 1.41. The van der Waals surface area contributed by atoms with Gasteiger partial charge in [-0.3, -0.25) is 9.52 Å². The van der Waals surface area contributed by atoms with E-state index >= 15 is 0 Å². The second-order valence-electron chi connectivity index (χ2n) is 13.3. The minimum atomic E-state index is -3.61. The Morgan fingerprint density at radius 2 is 1.74 bits per heavy atom. The lowest BCUT2D eigenvalue weighted by molar-refractivity contribution is 0.102. The van der Waals surface area contributed by atoms with Crippen LogP contribution in [0.2, 0.25) is 0 Å². The first-order valence-corrected chi connectivity index (χ1v) is 17.9. The van der Waals surface area contributed by atoms with Crippen LogP contribution in [0.1, 0.15) is 67.7 Å². The molecule has 3 heterocycles. The molecule has 0 spiro atoms. The number of hydrogen-bond donors (Lipinski definition) is 3. The zero-order valence-electron chi connectivity index (χ0n) is 28.3. The summed E-state index contributed by atoms with van der Waals surface area (Å²) in [4.78, 5) is 30.1. The van der Waals surface area contributed by atoms with Gasteiger partial charge in [0.15, 0.2) is 11.6 Å². The molecule has 0 radical (unpaired) electrons. The quantitative estimate of drug-likeness (QED) is 0.180. The Hall–Kier alpha value is -4.29. The summed E-state index contributed by atoms with van der Waals surface area (Å²) < 4.78 is 32.4. The number of benzene rings is 2. The molecule has 3 N–H and O–H groups in total. The van der Waals surface area contributed by atoms with Crippen molar-refractivity contribution in [1.82, 2.24) is 19.9 Å². The van der Waals surface area contributed by atoms with Crippen molar-refractivity contribution in [3.05, 3.63) is 71.2 Å². The lowest BCUT2D eigenvalue weighted by atomic mass is 9.86. The van der Waals surface area contributed by atoms with Gasteiger partial charge in [0.1, 0.15) is 11.8 Å². The van der Waals surface area contributed by atoms with Crippen LogP contribution in [0.25, 0.3) is 11.0 Å². The Bertz CT molecular complexity index is 1880. The molecule has 1 aliphatic heterocycles. The number of rotatable bonds is 10. The van der Waals surface area contributed by atoms with Crippen molar-refractivity contribution in [2.75, 3.05) is 48.4 Å². The monoisotopic (exact) mass is 659 g/mol. The van der Waals surface area contributed by atoms with Crippen molar-refractivity contribution in [3.8, 4) is 5.75 Å². The van der Waals surface area contributed by atoms with Gasteiger partial charge in [-0.2, -0.15) is 0 Å². The first kappa shape index (κ1) is 34.1. The van der Waals surface area contributed by atoms with Crippen LogP contribution in [-0.2, 0) is 21.9 Å². The highest BCUT2D eigenvalue weighted by atomic mass is 32.2. The van der Waals surface area contributed by atoms with E-state index in [9.17, 15) is 13.2 Å². The summed E-state index contributed by atoms with van der Waals surface area (Å²) in [6.45, 7) is 13.5. The topological polar surface area (TPSA) is 138 Å². The number of nitrogens with zero attached hydrogens (tertiary/aromatic N) is 4. The van der Waals surface area contributed by atoms with Crippen molar-refractivity contribution < 1.29 is 17.9 Å². The number of ether oxygens (including phenoxy) is 1. The number of pyridine rings is 1. The molecule has 0 bridgehead atoms. The number of aryl methyl sites for hydroxylation is 1. The van der Waals surface area contributed by atoms with Crippen LogP contribution < -0.4 is 20.1 Å². The van der Waals surface area contributed by atoms with E-state index in [2.05, 4.69) is 43.2 Å². The highest BCUT2D eigenvalue weighted by Crippen LogP contribution is 2.39. The standard InChI is InChI=1S/C35H45N7O4S/c1-8-42-15-13-23(14-16-42)17-26-11-12-27-31(38-26)33(37-21-36-27)39-28-18-24(10-9-22(28)2)34(43)40-29-19-25(35(3,4)5)20-30(32(29)46-6)41-47(7,44)45/h9-12,18-21,23,41H,8,13-17H2,1-7H3,(H,40,43)(H,36,37,39). The number of amides is 1. The van der Waals surface area contributed by atoms with Crippen molar-refractivity contribution in [2.24, 2.45) is 5.92 Å². The van der Waals surface area contributed by atoms with Crippen LogP contribution in [0.3, 0.4) is 0 Å². The maximum atomic E-state index is 13.7. The molecule has 250 valence electrons. The van der Waals surface area contributed by atoms with E-state index in [1.807, 2.05) is 39.8 Å². The van der Waals surface area contributed by atoms with Gasteiger partial charge in [0.2, 0.25) is 10.0 Å². The number of fused-ring (bicyclic) bond motifs is 1. The average Bonchev–Trinajstić information content (AvgIpc) is 3.01. The van der Waals surface area contributed by atoms with E-state index in [1.165, 1.54) is 26.3 Å². The number of sulfonamides is 1. The molecule has 0 aliphatic carbocycles.